The van der Waals surface area contributed by atoms with Crippen LogP contribution in [0.15, 0.2) is 6.33 Å². The first kappa shape index (κ1) is 13.8. The summed E-state index contributed by atoms with van der Waals surface area (Å²) in [5.41, 5.74) is 2.72. The third-order valence-electron chi connectivity index (χ3n) is 4.58. The summed E-state index contributed by atoms with van der Waals surface area (Å²) in [5, 5.41) is 3.46. The fourth-order valence-electron chi connectivity index (χ4n) is 3.54. The zero-order chi connectivity index (χ0) is 13.8. The van der Waals surface area contributed by atoms with Crippen LogP contribution in [0.4, 0.5) is 5.82 Å². The van der Waals surface area contributed by atoms with Gasteiger partial charge in [0, 0.05) is 24.3 Å². The molecule has 1 N–H and O–H groups in total. The van der Waals surface area contributed by atoms with E-state index in [0.29, 0.717) is 0 Å². The lowest BCUT2D eigenvalue weighted by Gasteiger charge is -2.31. The number of rotatable bonds is 5. The zero-order valence-electron chi connectivity index (χ0n) is 12.6. The molecule has 0 unspecified atom stereocenters. The second-order valence-electron chi connectivity index (χ2n) is 6.12. The molecule has 0 bridgehead atoms. The van der Waals surface area contributed by atoms with Crippen molar-refractivity contribution in [2.45, 2.75) is 45.4 Å². The predicted octanol–water partition coefficient (Wildman–Crippen LogP) is 2.18. The summed E-state index contributed by atoms with van der Waals surface area (Å²) in [6, 6.07) is 0. The summed E-state index contributed by atoms with van der Waals surface area (Å²) in [6.07, 6.45) is 9.10. The van der Waals surface area contributed by atoms with Crippen LogP contribution in [0.25, 0.3) is 0 Å². The smallest absolute Gasteiger partial charge is 0.135 e. The van der Waals surface area contributed by atoms with E-state index in [4.69, 9.17) is 0 Å². The van der Waals surface area contributed by atoms with Gasteiger partial charge in [-0.2, -0.15) is 0 Å². The highest BCUT2D eigenvalue weighted by molar-refractivity contribution is 5.50. The lowest BCUT2D eigenvalue weighted by molar-refractivity contribution is 0.372. The molecule has 1 aromatic heterocycles. The van der Waals surface area contributed by atoms with E-state index in [-0.39, 0.29) is 0 Å². The molecule has 1 fully saturated rings. The fourth-order valence-corrected chi connectivity index (χ4v) is 3.54. The maximum atomic E-state index is 4.63. The van der Waals surface area contributed by atoms with Crippen LogP contribution in [0.3, 0.4) is 0 Å². The fraction of sp³-hybridized carbons (Fsp3) is 0.750. The van der Waals surface area contributed by atoms with Gasteiger partial charge in [0.1, 0.15) is 12.1 Å². The number of nitrogens with one attached hydrogen (secondary N) is 1. The van der Waals surface area contributed by atoms with Crippen molar-refractivity contribution in [3.8, 4) is 0 Å². The Labute approximate surface area is 122 Å². The van der Waals surface area contributed by atoms with Crippen LogP contribution >= 0.6 is 0 Å². The molecule has 0 saturated carbocycles. The zero-order valence-corrected chi connectivity index (χ0v) is 12.6. The minimum Gasteiger partial charge on any atom is -0.356 e. The second-order valence-corrected chi connectivity index (χ2v) is 6.12. The summed E-state index contributed by atoms with van der Waals surface area (Å²) >= 11 is 0. The molecule has 3 rings (SSSR count). The van der Waals surface area contributed by atoms with Crippen molar-refractivity contribution in [3.05, 3.63) is 17.6 Å². The Morgan fingerprint density at radius 3 is 2.90 bits per heavy atom. The lowest BCUT2D eigenvalue weighted by Crippen LogP contribution is -2.37. The minimum atomic E-state index is 0.815. The molecule has 20 heavy (non-hydrogen) atoms. The Balaban J connectivity index is 1.77. The Morgan fingerprint density at radius 1 is 1.25 bits per heavy atom. The van der Waals surface area contributed by atoms with Gasteiger partial charge in [-0.05, 0) is 57.5 Å². The first-order valence-electron chi connectivity index (χ1n) is 8.17. The van der Waals surface area contributed by atoms with Crippen molar-refractivity contribution in [2.75, 3.05) is 31.1 Å². The van der Waals surface area contributed by atoms with Crippen LogP contribution in [-0.4, -0.2) is 36.1 Å². The van der Waals surface area contributed by atoms with Crippen molar-refractivity contribution < 1.29 is 0 Å². The van der Waals surface area contributed by atoms with Gasteiger partial charge in [0.2, 0.25) is 0 Å². The molecule has 1 aliphatic carbocycles. The van der Waals surface area contributed by atoms with Crippen LogP contribution in [0.2, 0.25) is 0 Å². The molecular weight excluding hydrogens is 248 g/mol. The van der Waals surface area contributed by atoms with E-state index in [1.807, 2.05) is 0 Å². The normalized spacial score (nSPS) is 19.1. The van der Waals surface area contributed by atoms with Gasteiger partial charge in [-0.15, -0.1) is 0 Å². The monoisotopic (exact) mass is 274 g/mol. The minimum absolute atomic E-state index is 0.815. The summed E-state index contributed by atoms with van der Waals surface area (Å²) in [5.74, 6) is 2.04. The van der Waals surface area contributed by atoms with Crippen molar-refractivity contribution in [1.82, 2.24) is 15.3 Å². The van der Waals surface area contributed by atoms with E-state index in [1.54, 1.807) is 6.33 Å². The van der Waals surface area contributed by atoms with Crippen molar-refractivity contribution >= 4 is 5.82 Å². The molecule has 0 amide bonds. The van der Waals surface area contributed by atoms with Gasteiger partial charge in [0.25, 0.3) is 0 Å². The number of fused-ring (bicyclic) bond motifs is 1. The van der Waals surface area contributed by atoms with Gasteiger partial charge in [-0.3, -0.25) is 0 Å². The molecular formula is C16H26N4. The molecule has 1 aliphatic heterocycles. The van der Waals surface area contributed by atoms with E-state index >= 15 is 0 Å². The number of aryl methyl sites for hydroxylation is 1. The van der Waals surface area contributed by atoms with Crippen molar-refractivity contribution in [1.29, 1.82) is 0 Å². The molecule has 4 heteroatoms. The molecule has 4 nitrogen and oxygen atoms in total. The van der Waals surface area contributed by atoms with Crippen molar-refractivity contribution in [2.24, 2.45) is 5.92 Å². The molecule has 0 spiro atoms. The molecule has 0 atom stereocenters. The van der Waals surface area contributed by atoms with Gasteiger partial charge >= 0.3 is 0 Å². The summed E-state index contributed by atoms with van der Waals surface area (Å²) in [4.78, 5) is 11.6. The van der Waals surface area contributed by atoms with E-state index in [2.05, 4.69) is 27.1 Å². The van der Waals surface area contributed by atoms with Gasteiger partial charge in [0.05, 0.1) is 0 Å². The number of aromatic nitrogens is 2. The number of hydrogen-bond acceptors (Lipinski definition) is 4. The largest absolute Gasteiger partial charge is 0.356 e. The highest BCUT2D eigenvalue weighted by Gasteiger charge is 2.23. The third-order valence-corrected chi connectivity index (χ3v) is 4.58. The number of nitrogens with zero attached hydrogens (tertiary/aromatic N) is 3. The summed E-state index contributed by atoms with van der Waals surface area (Å²) < 4.78 is 0. The quantitative estimate of drug-likeness (QED) is 0.893. The molecule has 1 aromatic rings. The Bertz CT molecular complexity index is 440. The standard InChI is InChI=1S/C16H26N4/c1-2-10-20(11-13-6-8-17-9-7-13)16-14-4-3-5-15(14)18-12-19-16/h12-13,17H,2-11H2,1H3. The summed E-state index contributed by atoms with van der Waals surface area (Å²) in [6.45, 7) is 6.89. The van der Waals surface area contributed by atoms with Crippen LogP contribution in [-0.2, 0) is 12.8 Å². The van der Waals surface area contributed by atoms with Crippen molar-refractivity contribution in [3.63, 3.8) is 0 Å². The molecule has 0 radical (unpaired) electrons. The molecule has 1 saturated heterocycles. The lowest BCUT2D eigenvalue weighted by atomic mass is 9.97. The topological polar surface area (TPSA) is 41.0 Å². The first-order valence-corrected chi connectivity index (χ1v) is 8.17. The molecule has 2 heterocycles. The van der Waals surface area contributed by atoms with E-state index in [9.17, 15) is 0 Å². The van der Waals surface area contributed by atoms with Gasteiger partial charge in [0.15, 0.2) is 0 Å². The van der Waals surface area contributed by atoms with E-state index in [1.165, 1.54) is 62.4 Å². The predicted molar refractivity (Wildman–Crippen MR) is 82.2 cm³/mol. The Kier molecular flexibility index (Phi) is 4.51. The van der Waals surface area contributed by atoms with Crippen LogP contribution in [0.1, 0.15) is 43.9 Å². The summed E-state index contributed by atoms with van der Waals surface area (Å²) in [7, 11) is 0. The highest BCUT2D eigenvalue weighted by Crippen LogP contribution is 2.29. The number of anilines is 1. The molecule has 2 aliphatic rings. The Morgan fingerprint density at radius 2 is 2.10 bits per heavy atom. The average molecular weight is 274 g/mol. The molecule has 0 aromatic carbocycles. The maximum absolute atomic E-state index is 4.63. The third kappa shape index (κ3) is 2.95. The Hall–Kier alpha value is -1.16. The van der Waals surface area contributed by atoms with Gasteiger partial charge < -0.3 is 10.2 Å². The van der Waals surface area contributed by atoms with Gasteiger partial charge in [-0.25, -0.2) is 9.97 Å². The van der Waals surface area contributed by atoms with Crippen LogP contribution in [0, 0.1) is 5.92 Å². The maximum Gasteiger partial charge on any atom is 0.135 e. The van der Waals surface area contributed by atoms with Crippen LogP contribution < -0.4 is 10.2 Å². The molecule has 110 valence electrons. The number of piperidine rings is 1. The van der Waals surface area contributed by atoms with E-state index < -0.39 is 0 Å². The first-order chi connectivity index (χ1) is 9.88. The van der Waals surface area contributed by atoms with Crippen LogP contribution in [0.5, 0.6) is 0 Å². The van der Waals surface area contributed by atoms with E-state index in [0.717, 1.165) is 25.3 Å². The highest BCUT2D eigenvalue weighted by atomic mass is 15.2. The average Bonchev–Trinajstić information content (AvgIpc) is 2.96. The van der Waals surface area contributed by atoms with Gasteiger partial charge in [-0.1, -0.05) is 6.92 Å². The SMILES string of the molecule is CCCN(CC1CCNCC1)c1ncnc2c1CCC2. The number of hydrogen-bond donors (Lipinski definition) is 1. The second kappa shape index (κ2) is 6.53.